The lowest BCUT2D eigenvalue weighted by molar-refractivity contribution is -0.195. The molecule has 0 aromatic rings. The number of aliphatic hydroxyl groups is 1. The Morgan fingerprint density at radius 3 is 2.41 bits per heavy atom. The van der Waals surface area contributed by atoms with E-state index in [1.807, 2.05) is 38.2 Å². The minimum atomic E-state index is -2.44. The molecule has 0 saturated carbocycles. The third kappa shape index (κ3) is 3.37. The van der Waals surface area contributed by atoms with Gasteiger partial charge >= 0.3 is 11.8 Å². The molecule has 6 heterocycles. The van der Waals surface area contributed by atoms with Crippen molar-refractivity contribution in [1.82, 2.24) is 0 Å². The first-order valence-corrected chi connectivity index (χ1v) is 14.1. The molecule has 0 radical (unpaired) electrons. The molecular weight excluding hydrogens is 516 g/mol. The van der Waals surface area contributed by atoms with E-state index in [4.69, 9.17) is 24.7 Å². The molecule has 3 unspecified atom stereocenters. The number of nitrogens with zero attached hydrogens (tertiary/aromatic N) is 4. The summed E-state index contributed by atoms with van der Waals surface area (Å²) in [7, 11) is 0. The first-order chi connectivity index (χ1) is 19.6. The zero-order valence-corrected chi connectivity index (χ0v) is 23.8. The lowest BCUT2D eigenvalue weighted by Gasteiger charge is -2.33. The molecule has 1 N–H and O–H groups in total. The SMILES string of the molecule is C=CC1=C(C)C2=CC3=NC4=C5C6=NC(=CC7=NC(=CC1=N2)C(C)=C7CC)C(C)=C6C(=O)OC5(O)C(=O)CCC4C3C. The zero-order valence-electron chi connectivity index (χ0n) is 23.8. The summed E-state index contributed by atoms with van der Waals surface area (Å²) in [6.45, 7) is 14.1. The first-order valence-electron chi connectivity index (χ1n) is 14.1. The van der Waals surface area contributed by atoms with Crippen molar-refractivity contribution in [2.24, 2.45) is 31.8 Å². The van der Waals surface area contributed by atoms with Crippen LogP contribution in [0.15, 0.2) is 113 Å². The van der Waals surface area contributed by atoms with Gasteiger partial charge in [-0.2, -0.15) is 0 Å². The van der Waals surface area contributed by atoms with Gasteiger partial charge in [-0.15, -0.1) is 0 Å². The fraction of sp³-hybridized carbons (Fsp3) is 0.333. The molecule has 41 heavy (non-hydrogen) atoms. The normalized spacial score (nSPS) is 30.2. The average Bonchev–Trinajstić information content (AvgIpc) is 3.58. The van der Waals surface area contributed by atoms with Crippen molar-refractivity contribution < 1.29 is 19.4 Å². The standard InChI is InChI=1S/C33H30N4O4/c1-7-18-14(3)21-11-23-16(5)20-9-10-27(38)33(40)29(30(20)36-23)31-28(32(39)41-33)17(6)24(37-31)13-26-19(8-2)15(4)22(35-26)12-25(18)34-21/h7,11-13,16,20,40H,1,8-10H2,2-6H3. The van der Waals surface area contributed by atoms with E-state index in [0.717, 1.165) is 57.2 Å². The zero-order chi connectivity index (χ0) is 29.0. The predicted molar refractivity (Wildman–Crippen MR) is 158 cm³/mol. The Morgan fingerprint density at radius 2 is 1.68 bits per heavy atom. The number of hydrogen-bond acceptors (Lipinski definition) is 8. The van der Waals surface area contributed by atoms with Crippen LogP contribution >= 0.6 is 0 Å². The van der Waals surface area contributed by atoms with Crippen molar-refractivity contribution in [3.05, 3.63) is 92.7 Å². The van der Waals surface area contributed by atoms with E-state index in [-0.39, 0.29) is 35.1 Å². The van der Waals surface area contributed by atoms with Gasteiger partial charge < -0.3 is 9.84 Å². The van der Waals surface area contributed by atoms with Crippen LogP contribution in [0.4, 0.5) is 0 Å². The molecule has 8 nitrogen and oxygen atoms in total. The summed E-state index contributed by atoms with van der Waals surface area (Å²) < 4.78 is 5.58. The first kappa shape index (κ1) is 25.7. The fourth-order valence-corrected chi connectivity index (χ4v) is 6.88. The van der Waals surface area contributed by atoms with Crippen LogP contribution in [0.2, 0.25) is 0 Å². The number of rotatable bonds is 2. The summed E-state index contributed by atoms with van der Waals surface area (Å²) in [6, 6.07) is 0. The molecular formula is C33H30N4O4. The highest BCUT2D eigenvalue weighted by molar-refractivity contribution is 6.34. The van der Waals surface area contributed by atoms with Crippen LogP contribution < -0.4 is 0 Å². The maximum atomic E-state index is 13.3. The number of fused-ring (bicyclic) bond motifs is 3. The van der Waals surface area contributed by atoms with Crippen molar-refractivity contribution in [3.8, 4) is 0 Å². The average molecular weight is 547 g/mol. The molecule has 1 fully saturated rings. The molecule has 1 aliphatic carbocycles. The van der Waals surface area contributed by atoms with Crippen molar-refractivity contribution in [2.75, 3.05) is 0 Å². The minimum absolute atomic E-state index is 0.0509. The van der Waals surface area contributed by atoms with Crippen LogP contribution in [-0.2, 0) is 14.3 Å². The van der Waals surface area contributed by atoms with Crippen LogP contribution in [0, 0.1) is 11.8 Å². The van der Waals surface area contributed by atoms with Crippen molar-refractivity contribution in [2.45, 2.75) is 59.7 Å². The van der Waals surface area contributed by atoms with Crippen molar-refractivity contribution >= 4 is 34.6 Å². The number of Topliss-reactive ketones (excluding diaryl/α,β-unsaturated/α-hetero) is 1. The van der Waals surface area contributed by atoms with E-state index in [9.17, 15) is 14.7 Å². The highest BCUT2D eigenvalue weighted by atomic mass is 16.7. The van der Waals surface area contributed by atoms with E-state index >= 15 is 0 Å². The van der Waals surface area contributed by atoms with E-state index in [1.54, 1.807) is 6.92 Å². The highest BCUT2D eigenvalue weighted by Crippen LogP contribution is 2.49. The number of carbonyl (C=O) groups excluding carboxylic acids is 2. The predicted octanol–water partition coefficient (Wildman–Crippen LogP) is 5.13. The molecule has 8 heteroatoms. The molecule has 7 rings (SSSR count). The number of carbonyl (C=O) groups is 2. The molecule has 6 aliphatic heterocycles. The van der Waals surface area contributed by atoms with Gasteiger partial charge in [-0.3, -0.25) is 9.79 Å². The number of esters is 1. The van der Waals surface area contributed by atoms with Gasteiger partial charge in [0.25, 0.3) is 0 Å². The molecule has 8 bridgehead atoms. The maximum absolute atomic E-state index is 13.3. The summed E-state index contributed by atoms with van der Waals surface area (Å²) in [5, 5.41) is 11.7. The van der Waals surface area contributed by atoms with Gasteiger partial charge in [-0.25, -0.2) is 19.8 Å². The second-order valence-corrected chi connectivity index (χ2v) is 11.4. The highest BCUT2D eigenvalue weighted by Gasteiger charge is 2.58. The number of hydrogen-bond donors (Lipinski definition) is 1. The lowest BCUT2D eigenvalue weighted by Crippen LogP contribution is -2.51. The molecule has 3 atom stereocenters. The van der Waals surface area contributed by atoms with Gasteiger partial charge in [0.1, 0.15) is 0 Å². The summed E-state index contributed by atoms with van der Waals surface area (Å²) in [5.41, 5.74) is 10.4. The summed E-state index contributed by atoms with van der Waals surface area (Å²) in [4.78, 5) is 46.5. The van der Waals surface area contributed by atoms with Crippen LogP contribution in [0.25, 0.3) is 0 Å². The smallest absolute Gasteiger partial charge is 0.343 e. The third-order valence-electron chi connectivity index (χ3n) is 9.32. The Bertz CT molecular complexity index is 1800. The van der Waals surface area contributed by atoms with Gasteiger partial charge in [0, 0.05) is 29.5 Å². The maximum Gasteiger partial charge on any atom is 0.343 e. The Balaban J connectivity index is 1.59. The monoisotopic (exact) mass is 546 g/mol. The van der Waals surface area contributed by atoms with Crippen molar-refractivity contribution in [3.63, 3.8) is 0 Å². The third-order valence-corrected chi connectivity index (χ3v) is 9.32. The van der Waals surface area contributed by atoms with E-state index < -0.39 is 17.5 Å². The Morgan fingerprint density at radius 1 is 1.00 bits per heavy atom. The van der Waals surface area contributed by atoms with Crippen LogP contribution in [0.3, 0.4) is 0 Å². The minimum Gasteiger partial charge on any atom is -0.417 e. The fourth-order valence-electron chi connectivity index (χ4n) is 6.88. The molecule has 0 amide bonds. The Hall–Kier alpha value is -4.30. The lowest BCUT2D eigenvalue weighted by atomic mass is 9.84. The molecule has 0 aromatic carbocycles. The Labute approximate surface area is 238 Å². The van der Waals surface area contributed by atoms with E-state index in [1.165, 1.54) is 0 Å². The van der Waals surface area contributed by atoms with Crippen LogP contribution in [0.5, 0.6) is 0 Å². The van der Waals surface area contributed by atoms with Crippen LogP contribution in [-0.4, -0.2) is 45.5 Å². The Kier molecular flexibility index (Phi) is 5.38. The number of ketones is 1. The number of allylic oxidation sites excluding steroid dienone is 10. The number of ether oxygens (including phenoxy) is 1. The molecule has 0 aromatic heterocycles. The topological polar surface area (TPSA) is 113 Å². The van der Waals surface area contributed by atoms with Crippen LogP contribution in [0.1, 0.15) is 53.9 Å². The summed E-state index contributed by atoms with van der Waals surface area (Å²) in [6.07, 6.45) is 8.95. The summed E-state index contributed by atoms with van der Waals surface area (Å²) in [5.74, 6) is -3.98. The van der Waals surface area contributed by atoms with Crippen molar-refractivity contribution in [1.29, 1.82) is 0 Å². The molecule has 0 spiro atoms. The van der Waals surface area contributed by atoms with Gasteiger partial charge in [-0.1, -0.05) is 26.5 Å². The van der Waals surface area contributed by atoms with Gasteiger partial charge in [-0.05, 0) is 74.1 Å². The van der Waals surface area contributed by atoms with E-state index in [0.29, 0.717) is 23.4 Å². The van der Waals surface area contributed by atoms with Gasteiger partial charge in [0.15, 0.2) is 0 Å². The second-order valence-electron chi connectivity index (χ2n) is 11.4. The van der Waals surface area contributed by atoms with Gasteiger partial charge in [0.05, 0.1) is 51.1 Å². The molecule has 7 aliphatic rings. The number of aliphatic imine (C=N–C) groups is 4. The summed E-state index contributed by atoms with van der Waals surface area (Å²) >= 11 is 0. The second kappa shape index (κ2) is 8.60. The quantitative estimate of drug-likeness (QED) is 0.484. The largest absolute Gasteiger partial charge is 0.417 e. The van der Waals surface area contributed by atoms with E-state index in [2.05, 4.69) is 20.4 Å². The van der Waals surface area contributed by atoms with Gasteiger partial charge in [0.2, 0.25) is 5.78 Å². The molecule has 206 valence electrons. The molecule has 1 saturated heterocycles.